The van der Waals surface area contributed by atoms with E-state index in [9.17, 15) is 23.1 Å². The van der Waals surface area contributed by atoms with Crippen LogP contribution in [0.2, 0.25) is 0 Å². The number of aromatic nitrogens is 2. The Kier molecular flexibility index (Phi) is 6.11. The Morgan fingerprint density at radius 1 is 0.900 bits per heavy atom. The molecule has 6 rings (SSSR count). The maximum absolute atomic E-state index is 13.9. The lowest BCUT2D eigenvalue weighted by molar-refractivity contribution is 0.102. The number of hydrogen-bond acceptors (Lipinski definition) is 4. The zero-order chi connectivity index (χ0) is 28.2. The molecule has 6 nitrogen and oxygen atoms in total. The molecule has 9 heteroatoms. The first kappa shape index (κ1) is 25.6. The van der Waals surface area contributed by atoms with Crippen molar-refractivity contribution >= 4 is 33.9 Å². The number of carbonyl (C=O) groups excluding carboxylic acids is 1. The van der Waals surface area contributed by atoms with Crippen LogP contribution in [-0.2, 0) is 12.0 Å². The van der Waals surface area contributed by atoms with Crippen LogP contribution in [0.15, 0.2) is 73.2 Å². The van der Waals surface area contributed by atoms with E-state index in [0.29, 0.717) is 22.6 Å². The second-order valence-electron chi connectivity index (χ2n) is 10.6. The molecule has 0 unspecified atom stereocenters. The number of anilines is 3. The number of rotatable bonds is 5. The monoisotopic (exact) mass is 542 g/mol. The van der Waals surface area contributed by atoms with Crippen molar-refractivity contribution in [1.29, 1.82) is 0 Å². The standard InChI is InChI=1S/C31H25F3N4O2/c1-31(2,16-39)19-4-6-25-27(12-19)36-26-11-18(3-5-21(26)30(40)37-25)22-15-38(28-13-35-8-7-20(22)28)14-17-9-23(32)29(34)24(33)10-17/h3-13,15,36,39H,14,16H2,1-2H3,(H,37,40). The molecule has 40 heavy (non-hydrogen) atoms. The summed E-state index contributed by atoms with van der Waals surface area (Å²) in [5.74, 6) is -4.25. The molecule has 0 fully saturated rings. The van der Waals surface area contributed by atoms with Crippen molar-refractivity contribution in [2.75, 3.05) is 17.2 Å². The third kappa shape index (κ3) is 4.38. The van der Waals surface area contributed by atoms with Crippen LogP contribution in [0.25, 0.3) is 22.0 Å². The number of aliphatic hydroxyl groups excluding tert-OH is 1. The second kappa shape index (κ2) is 9.53. The minimum Gasteiger partial charge on any atom is -0.395 e. The highest BCUT2D eigenvalue weighted by atomic mass is 19.2. The first-order valence-corrected chi connectivity index (χ1v) is 12.7. The van der Waals surface area contributed by atoms with Gasteiger partial charge in [0.2, 0.25) is 0 Å². The quantitative estimate of drug-likeness (QED) is 0.215. The van der Waals surface area contributed by atoms with E-state index >= 15 is 0 Å². The molecule has 3 heterocycles. The molecule has 0 spiro atoms. The summed E-state index contributed by atoms with van der Waals surface area (Å²) in [6.07, 6.45) is 5.16. The Morgan fingerprint density at radius 2 is 1.68 bits per heavy atom. The van der Waals surface area contributed by atoms with E-state index in [1.807, 2.05) is 56.4 Å². The van der Waals surface area contributed by atoms with Crippen LogP contribution in [-0.4, -0.2) is 27.2 Å². The fourth-order valence-corrected chi connectivity index (χ4v) is 5.01. The summed E-state index contributed by atoms with van der Waals surface area (Å²) in [7, 11) is 0. The number of halogens is 3. The molecular formula is C31H25F3N4O2. The molecule has 0 radical (unpaired) electrons. The summed E-state index contributed by atoms with van der Waals surface area (Å²) in [6.45, 7) is 3.94. The van der Waals surface area contributed by atoms with Gasteiger partial charge in [-0.2, -0.15) is 0 Å². The number of benzene rings is 3. The number of aliphatic hydroxyl groups is 1. The zero-order valence-corrected chi connectivity index (χ0v) is 21.7. The van der Waals surface area contributed by atoms with Gasteiger partial charge in [0.05, 0.1) is 40.9 Å². The van der Waals surface area contributed by atoms with Gasteiger partial charge in [0.25, 0.3) is 5.91 Å². The van der Waals surface area contributed by atoms with Gasteiger partial charge in [-0.15, -0.1) is 0 Å². The summed E-state index contributed by atoms with van der Waals surface area (Å²) in [4.78, 5) is 17.3. The van der Waals surface area contributed by atoms with Gasteiger partial charge < -0.3 is 20.3 Å². The fourth-order valence-electron chi connectivity index (χ4n) is 5.01. The van der Waals surface area contributed by atoms with E-state index in [-0.39, 0.29) is 24.6 Å². The summed E-state index contributed by atoms with van der Waals surface area (Å²) in [5, 5.41) is 17.0. The lowest BCUT2D eigenvalue weighted by atomic mass is 9.85. The third-order valence-corrected chi connectivity index (χ3v) is 7.37. The minimum atomic E-state index is -1.50. The van der Waals surface area contributed by atoms with Gasteiger partial charge in [0.1, 0.15) is 0 Å². The van der Waals surface area contributed by atoms with Crippen molar-refractivity contribution in [3.05, 3.63) is 107 Å². The molecule has 5 aromatic rings. The normalized spacial score (nSPS) is 12.9. The van der Waals surface area contributed by atoms with Gasteiger partial charge in [-0.25, -0.2) is 13.2 Å². The van der Waals surface area contributed by atoms with Crippen LogP contribution in [0.5, 0.6) is 0 Å². The number of nitrogens with one attached hydrogen (secondary N) is 2. The maximum atomic E-state index is 13.9. The Labute approximate surface area is 228 Å². The largest absolute Gasteiger partial charge is 0.395 e. The lowest BCUT2D eigenvalue weighted by Crippen LogP contribution is -2.22. The number of hydrogen-bond donors (Lipinski definition) is 3. The number of fused-ring (bicyclic) bond motifs is 3. The second-order valence-corrected chi connectivity index (χ2v) is 10.6. The van der Waals surface area contributed by atoms with Crippen LogP contribution >= 0.6 is 0 Å². The zero-order valence-electron chi connectivity index (χ0n) is 21.7. The summed E-state index contributed by atoms with van der Waals surface area (Å²) in [5.41, 5.74) is 5.47. The van der Waals surface area contributed by atoms with Crippen LogP contribution < -0.4 is 10.6 Å². The van der Waals surface area contributed by atoms with Gasteiger partial charge in [0, 0.05) is 35.3 Å². The van der Waals surface area contributed by atoms with E-state index in [1.54, 1.807) is 23.0 Å². The molecule has 1 amide bonds. The van der Waals surface area contributed by atoms with Crippen LogP contribution in [0.3, 0.4) is 0 Å². The maximum Gasteiger partial charge on any atom is 0.257 e. The highest BCUT2D eigenvalue weighted by Crippen LogP contribution is 2.39. The van der Waals surface area contributed by atoms with Gasteiger partial charge in [-0.1, -0.05) is 26.0 Å². The van der Waals surface area contributed by atoms with E-state index in [0.717, 1.165) is 39.7 Å². The van der Waals surface area contributed by atoms with Gasteiger partial charge in [-0.05, 0) is 59.2 Å². The topological polar surface area (TPSA) is 79.2 Å². The minimum absolute atomic E-state index is 0.0327. The molecule has 0 saturated heterocycles. The summed E-state index contributed by atoms with van der Waals surface area (Å²) < 4.78 is 43.1. The summed E-state index contributed by atoms with van der Waals surface area (Å²) in [6, 6.07) is 14.9. The Morgan fingerprint density at radius 3 is 2.42 bits per heavy atom. The van der Waals surface area contributed by atoms with Crippen LogP contribution in [0, 0.1) is 17.5 Å². The van der Waals surface area contributed by atoms with Crippen molar-refractivity contribution < 1.29 is 23.1 Å². The van der Waals surface area contributed by atoms with Crippen molar-refractivity contribution in [3.63, 3.8) is 0 Å². The van der Waals surface area contributed by atoms with Gasteiger partial charge in [-0.3, -0.25) is 9.78 Å². The Hall–Kier alpha value is -4.63. The molecule has 0 bridgehead atoms. The number of carbonyl (C=O) groups is 1. The van der Waals surface area contributed by atoms with E-state index in [2.05, 4.69) is 15.6 Å². The molecule has 3 N–H and O–H groups in total. The average Bonchev–Trinajstić information content (AvgIpc) is 3.23. The van der Waals surface area contributed by atoms with E-state index in [1.165, 1.54) is 0 Å². The van der Waals surface area contributed by atoms with Gasteiger partial charge >= 0.3 is 0 Å². The molecule has 202 valence electrons. The van der Waals surface area contributed by atoms with Crippen molar-refractivity contribution in [2.45, 2.75) is 25.8 Å². The molecule has 0 saturated carbocycles. The molecular weight excluding hydrogens is 517 g/mol. The number of amides is 1. The molecule has 1 aliphatic heterocycles. The fraction of sp³-hybridized carbons (Fsp3) is 0.161. The summed E-state index contributed by atoms with van der Waals surface area (Å²) >= 11 is 0. The predicted octanol–water partition coefficient (Wildman–Crippen LogP) is 6.75. The Balaban J connectivity index is 1.42. The molecule has 0 aliphatic carbocycles. The molecule has 2 aromatic heterocycles. The average molecular weight is 543 g/mol. The van der Waals surface area contributed by atoms with Crippen molar-refractivity contribution in [3.8, 4) is 11.1 Å². The number of nitrogens with zero attached hydrogens (tertiary/aromatic N) is 2. The lowest BCUT2D eigenvalue weighted by Gasteiger charge is -2.23. The predicted molar refractivity (Wildman–Crippen MR) is 148 cm³/mol. The van der Waals surface area contributed by atoms with Crippen molar-refractivity contribution in [1.82, 2.24) is 9.55 Å². The molecule has 3 aromatic carbocycles. The first-order valence-electron chi connectivity index (χ1n) is 12.7. The first-order chi connectivity index (χ1) is 19.1. The highest BCUT2D eigenvalue weighted by molar-refractivity contribution is 6.13. The number of pyridine rings is 1. The van der Waals surface area contributed by atoms with Crippen LogP contribution in [0.1, 0.15) is 35.3 Å². The van der Waals surface area contributed by atoms with E-state index < -0.39 is 22.9 Å². The third-order valence-electron chi connectivity index (χ3n) is 7.37. The Bertz CT molecular complexity index is 1790. The molecule has 0 atom stereocenters. The molecule has 1 aliphatic rings. The smallest absolute Gasteiger partial charge is 0.257 e. The highest BCUT2D eigenvalue weighted by Gasteiger charge is 2.24. The van der Waals surface area contributed by atoms with Crippen LogP contribution in [0.4, 0.5) is 30.2 Å². The van der Waals surface area contributed by atoms with Gasteiger partial charge in [0.15, 0.2) is 17.5 Å². The van der Waals surface area contributed by atoms with Crippen molar-refractivity contribution in [2.24, 2.45) is 0 Å². The SMILES string of the molecule is CC(C)(CO)c1ccc2c(c1)Nc1cc(-c3cn(Cc4cc(F)c(F)c(F)c4)c4cnccc34)ccc1C(=O)N2. The van der Waals surface area contributed by atoms with E-state index in [4.69, 9.17) is 0 Å².